The smallest absolute Gasteiger partial charge is 0.129 e. The lowest BCUT2D eigenvalue weighted by Crippen LogP contribution is -2.21. The van der Waals surface area contributed by atoms with Gasteiger partial charge >= 0.3 is 0 Å². The van der Waals surface area contributed by atoms with Crippen LogP contribution in [-0.4, -0.2) is 19.6 Å². The van der Waals surface area contributed by atoms with Gasteiger partial charge in [-0.2, -0.15) is 0 Å². The van der Waals surface area contributed by atoms with Crippen LogP contribution in [0, 0.1) is 16.9 Å². The minimum absolute atomic E-state index is 0.558. The summed E-state index contributed by atoms with van der Waals surface area (Å²) in [6, 6.07) is 4.16. The zero-order valence-electron chi connectivity index (χ0n) is 12.5. The zero-order chi connectivity index (χ0) is 13.9. The minimum Gasteiger partial charge on any atom is -0.311 e. The number of hydrogen-bond acceptors (Lipinski definition) is 2. The SMILES string of the molecule is CC1(CNCc2ccc(C#C[Si](C)(C)C)cn2)CC1. The molecular formula is C16H24N2Si. The Morgan fingerprint density at radius 2 is 2.05 bits per heavy atom. The third kappa shape index (κ3) is 5.18. The molecule has 0 saturated heterocycles. The number of aromatic nitrogens is 1. The van der Waals surface area contributed by atoms with Crippen molar-refractivity contribution in [1.82, 2.24) is 10.3 Å². The van der Waals surface area contributed by atoms with E-state index >= 15 is 0 Å². The molecule has 0 unspecified atom stereocenters. The summed E-state index contributed by atoms with van der Waals surface area (Å²) in [6.07, 6.45) is 4.61. The molecule has 102 valence electrons. The maximum atomic E-state index is 4.47. The Labute approximate surface area is 118 Å². The van der Waals surface area contributed by atoms with Gasteiger partial charge in [0.2, 0.25) is 0 Å². The summed E-state index contributed by atoms with van der Waals surface area (Å²) in [6.45, 7) is 11.1. The van der Waals surface area contributed by atoms with E-state index in [2.05, 4.69) is 60.5 Å². The molecule has 1 fully saturated rings. The molecule has 2 rings (SSSR count). The van der Waals surface area contributed by atoms with Gasteiger partial charge in [-0.1, -0.05) is 32.5 Å². The van der Waals surface area contributed by atoms with Crippen LogP contribution in [0.3, 0.4) is 0 Å². The van der Waals surface area contributed by atoms with Crippen LogP contribution in [0.5, 0.6) is 0 Å². The van der Waals surface area contributed by atoms with E-state index in [0.29, 0.717) is 5.41 Å². The molecule has 0 amide bonds. The molecule has 0 spiro atoms. The first-order valence-electron chi connectivity index (χ1n) is 7.05. The molecular weight excluding hydrogens is 248 g/mol. The van der Waals surface area contributed by atoms with E-state index in [0.717, 1.165) is 24.3 Å². The first kappa shape index (κ1) is 14.3. The van der Waals surface area contributed by atoms with Gasteiger partial charge in [0, 0.05) is 24.8 Å². The molecule has 1 N–H and O–H groups in total. The number of rotatable bonds is 4. The largest absolute Gasteiger partial charge is 0.311 e. The lowest BCUT2D eigenvalue weighted by molar-refractivity contribution is 0.497. The molecule has 19 heavy (non-hydrogen) atoms. The van der Waals surface area contributed by atoms with E-state index in [-0.39, 0.29) is 0 Å². The Morgan fingerprint density at radius 3 is 2.58 bits per heavy atom. The summed E-state index contributed by atoms with van der Waals surface area (Å²) in [7, 11) is -1.29. The fraction of sp³-hybridized carbons (Fsp3) is 0.562. The quantitative estimate of drug-likeness (QED) is 0.672. The van der Waals surface area contributed by atoms with Crippen LogP contribution >= 0.6 is 0 Å². The lowest BCUT2D eigenvalue weighted by atomic mass is 10.1. The average Bonchev–Trinajstić information content (AvgIpc) is 3.05. The fourth-order valence-electron chi connectivity index (χ4n) is 1.75. The first-order chi connectivity index (χ1) is 8.86. The lowest BCUT2D eigenvalue weighted by Gasteiger charge is -2.09. The Morgan fingerprint density at radius 1 is 1.32 bits per heavy atom. The van der Waals surface area contributed by atoms with Crippen molar-refractivity contribution in [3.8, 4) is 11.5 Å². The maximum absolute atomic E-state index is 4.47. The first-order valence-corrected chi connectivity index (χ1v) is 10.6. The second-order valence-corrected chi connectivity index (χ2v) is 11.7. The predicted molar refractivity (Wildman–Crippen MR) is 83.5 cm³/mol. The number of hydrogen-bond donors (Lipinski definition) is 1. The van der Waals surface area contributed by atoms with E-state index in [9.17, 15) is 0 Å². The average molecular weight is 272 g/mol. The third-order valence-electron chi connectivity index (χ3n) is 3.37. The fourth-order valence-corrected chi connectivity index (χ4v) is 2.26. The zero-order valence-corrected chi connectivity index (χ0v) is 13.5. The maximum Gasteiger partial charge on any atom is 0.129 e. The van der Waals surface area contributed by atoms with Crippen molar-refractivity contribution in [3.05, 3.63) is 29.6 Å². The standard InChI is InChI=1S/C16H24N2Si/c1-16(8-9-16)13-17-12-15-6-5-14(11-18-15)7-10-19(2,3)4/h5-6,11,17H,8-9,12-13H2,1-4H3. The number of nitrogens with one attached hydrogen (secondary N) is 1. The van der Waals surface area contributed by atoms with E-state index in [1.54, 1.807) is 0 Å². The van der Waals surface area contributed by atoms with Gasteiger partial charge in [0.1, 0.15) is 8.07 Å². The van der Waals surface area contributed by atoms with Crippen molar-refractivity contribution in [2.45, 2.75) is 46.0 Å². The van der Waals surface area contributed by atoms with Gasteiger partial charge < -0.3 is 5.32 Å². The van der Waals surface area contributed by atoms with E-state index in [1.165, 1.54) is 12.8 Å². The van der Waals surface area contributed by atoms with Crippen LogP contribution in [0.15, 0.2) is 18.3 Å². The van der Waals surface area contributed by atoms with Crippen LogP contribution in [0.2, 0.25) is 19.6 Å². The molecule has 0 bridgehead atoms. The van der Waals surface area contributed by atoms with Crippen LogP contribution in [0.4, 0.5) is 0 Å². The van der Waals surface area contributed by atoms with Crippen LogP contribution < -0.4 is 5.32 Å². The Balaban J connectivity index is 1.85. The summed E-state index contributed by atoms with van der Waals surface area (Å²) in [4.78, 5) is 4.47. The number of pyridine rings is 1. The highest BCUT2D eigenvalue weighted by Crippen LogP contribution is 2.44. The van der Waals surface area contributed by atoms with Crippen LogP contribution in [-0.2, 0) is 6.54 Å². The molecule has 0 atom stereocenters. The van der Waals surface area contributed by atoms with Crippen molar-refractivity contribution in [1.29, 1.82) is 0 Å². The molecule has 1 aromatic heterocycles. The Bertz CT molecular complexity index is 484. The van der Waals surface area contributed by atoms with Gasteiger partial charge in [0.15, 0.2) is 0 Å². The summed E-state index contributed by atoms with van der Waals surface area (Å²) in [5.41, 5.74) is 6.05. The summed E-state index contributed by atoms with van der Waals surface area (Å²) in [5, 5.41) is 3.49. The highest BCUT2D eigenvalue weighted by atomic mass is 28.3. The molecule has 1 heterocycles. The van der Waals surface area contributed by atoms with Gasteiger partial charge in [-0.15, -0.1) is 5.54 Å². The summed E-state index contributed by atoms with van der Waals surface area (Å²) < 4.78 is 0. The molecule has 1 saturated carbocycles. The highest BCUT2D eigenvalue weighted by Gasteiger charge is 2.36. The van der Waals surface area contributed by atoms with Crippen molar-refractivity contribution in [3.63, 3.8) is 0 Å². The molecule has 0 aliphatic heterocycles. The van der Waals surface area contributed by atoms with E-state index < -0.39 is 8.07 Å². The molecule has 1 aliphatic carbocycles. The molecule has 0 radical (unpaired) electrons. The molecule has 3 heteroatoms. The molecule has 1 aliphatic rings. The van der Waals surface area contributed by atoms with Crippen molar-refractivity contribution >= 4 is 8.07 Å². The monoisotopic (exact) mass is 272 g/mol. The second kappa shape index (κ2) is 5.48. The molecule has 1 aromatic rings. The minimum atomic E-state index is -1.29. The Kier molecular flexibility index (Phi) is 4.12. The normalized spacial score (nSPS) is 16.6. The van der Waals surface area contributed by atoms with Gasteiger partial charge in [-0.3, -0.25) is 4.98 Å². The van der Waals surface area contributed by atoms with Crippen LogP contribution in [0.25, 0.3) is 0 Å². The van der Waals surface area contributed by atoms with E-state index in [1.807, 2.05) is 6.20 Å². The second-order valence-electron chi connectivity index (χ2n) is 6.95. The van der Waals surface area contributed by atoms with Gasteiger partial charge in [-0.25, -0.2) is 0 Å². The third-order valence-corrected chi connectivity index (χ3v) is 4.24. The van der Waals surface area contributed by atoms with Gasteiger partial charge in [-0.05, 0) is 30.4 Å². The van der Waals surface area contributed by atoms with Crippen LogP contribution in [0.1, 0.15) is 31.0 Å². The topological polar surface area (TPSA) is 24.9 Å². The van der Waals surface area contributed by atoms with Crippen molar-refractivity contribution in [2.75, 3.05) is 6.54 Å². The van der Waals surface area contributed by atoms with E-state index in [4.69, 9.17) is 0 Å². The van der Waals surface area contributed by atoms with Crippen molar-refractivity contribution < 1.29 is 0 Å². The summed E-state index contributed by atoms with van der Waals surface area (Å²) in [5.74, 6) is 3.23. The van der Waals surface area contributed by atoms with Gasteiger partial charge in [0.25, 0.3) is 0 Å². The van der Waals surface area contributed by atoms with Crippen molar-refractivity contribution in [2.24, 2.45) is 5.41 Å². The van der Waals surface area contributed by atoms with Gasteiger partial charge in [0.05, 0.1) is 5.69 Å². The predicted octanol–water partition coefficient (Wildman–Crippen LogP) is 3.20. The molecule has 2 nitrogen and oxygen atoms in total. The molecule has 0 aromatic carbocycles. The summed E-state index contributed by atoms with van der Waals surface area (Å²) >= 11 is 0. The highest BCUT2D eigenvalue weighted by molar-refractivity contribution is 6.83. The number of nitrogens with zero attached hydrogens (tertiary/aromatic N) is 1. The Hall–Kier alpha value is -1.11.